The van der Waals surface area contributed by atoms with Crippen molar-refractivity contribution in [2.45, 2.75) is 12.5 Å². The van der Waals surface area contributed by atoms with Gasteiger partial charge in [0.1, 0.15) is 0 Å². The zero-order valence-electron chi connectivity index (χ0n) is 17.8. The van der Waals surface area contributed by atoms with Gasteiger partial charge in [-0.05, 0) is 35.2 Å². The maximum Gasteiger partial charge on any atom is 0.319 e. The van der Waals surface area contributed by atoms with E-state index in [9.17, 15) is 9.59 Å². The van der Waals surface area contributed by atoms with Crippen LogP contribution in [0.3, 0.4) is 0 Å². The largest absolute Gasteiger partial charge is 0.351 e. The highest BCUT2D eigenvalue weighted by Crippen LogP contribution is 2.21. The van der Waals surface area contributed by atoms with Gasteiger partial charge in [0.05, 0.1) is 6.04 Å². The van der Waals surface area contributed by atoms with E-state index in [1.54, 1.807) is 6.08 Å². The van der Waals surface area contributed by atoms with E-state index in [1.165, 1.54) is 6.08 Å². The summed E-state index contributed by atoms with van der Waals surface area (Å²) < 4.78 is 0. The van der Waals surface area contributed by atoms with Gasteiger partial charge in [-0.25, -0.2) is 4.79 Å². The summed E-state index contributed by atoms with van der Waals surface area (Å²) in [6, 6.07) is 26.8. The molecule has 3 aromatic carbocycles. The van der Waals surface area contributed by atoms with E-state index in [-0.39, 0.29) is 18.0 Å². The molecular formula is C26H28N4O2. The minimum absolute atomic E-state index is 0.243. The molecule has 3 aromatic rings. The van der Waals surface area contributed by atoms with E-state index in [1.807, 2.05) is 84.9 Å². The molecular weight excluding hydrogens is 400 g/mol. The summed E-state index contributed by atoms with van der Waals surface area (Å²) in [5.74, 6) is -0.243. The molecule has 0 saturated carbocycles. The highest BCUT2D eigenvalue weighted by Gasteiger charge is 2.11. The molecule has 0 bridgehead atoms. The topological polar surface area (TPSA) is 96.2 Å². The number of nitrogens with two attached hydrogens (primary N) is 1. The Kier molecular flexibility index (Phi) is 8.60. The van der Waals surface area contributed by atoms with Crippen LogP contribution in [0.25, 0.3) is 11.1 Å². The van der Waals surface area contributed by atoms with Crippen LogP contribution in [-0.4, -0.2) is 31.1 Å². The number of rotatable bonds is 9. The number of nitrogens with one attached hydrogen (secondary N) is 3. The normalized spacial score (nSPS) is 11.7. The van der Waals surface area contributed by atoms with Gasteiger partial charge in [-0.3, -0.25) is 4.79 Å². The average molecular weight is 429 g/mol. The monoisotopic (exact) mass is 428 g/mol. The van der Waals surface area contributed by atoms with E-state index in [0.717, 1.165) is 16.7 Å². The van der Waals surface area contributed by atoms with E-state index < -0.39 is 0 Å². The molecule has 0 saturated heterocycles. The van der Waals surface area contributed by atoms with Crippen molar-refractivity contribution in [1.29, 1.82) is 0 Å². The zero-order chi connectivity index (χ0) is 22.6. The average Bonchev–Trinajstić information content (AvgIpc) is 2.83. The Balaban J connectivity index is 1.63. The second kappa shape index (κ2) is 12.1. The third kappa shape index (κ3) is 7.41. The molecule has 0 fully saturated rings. The maximum absolute atomic E-state index is 12.6. The fourth-order valence-corrected chi connectivity index (χ4v) is 3.21. The molecule has 6 heteroatoms. The second-order valence-corrected chi connectivity index (χ2v) is 7.28. The molecule has 1 atom stereocenters. The predicted octanol–water partition coefficient (Wildman–Crippen LogP) is 3.72. The van der Waals surface area contributed by atoms with E-state index >= 15 is 0 Å². The van der Waals surface area contributed by atoms with Crippen LogP contribution in [-0.2, 0) is 11.2 Å². The molecule has 3 rings (SSSR count). The highest BCUT2D eigenvalue weighted by molar-refractivity contribution is 5.90. The first-order chi connectivity index (χ1) is 15.6. The molecule has 0 aromatic heterocycles. The molecule has 0 spiro atoms. The number of hydrogen-bond donors (Lipinski definition) is 4. The number of anilines is 1. The number of hydrogen-bond acceptors (Lipinski definition) is 3. The molecule has 3 amide bonds. The van der Waals surface area contributed by atoms with Crippen LogP contribution in [0, 0.1) is 0 Å². The van der Waals surface area contributed by atoms with Crippen molar-refractivity contribution in [1.82, 2.24) is 10.6 Å². The molecule has 5 N–H and O–H groups in total. The summed E-state index contributed by atoms with van der Waals surface area (Å²) in [6.07, 6.45) is 3.68. The van der Waals surface area contributed by atoms with E-state index in [2.05, 4.69) is 16.0 Å². The molecule has 0 aliphatic heterocycles. The minimum atomic E-state index is -0.357. The first-order valence-electron chi connectivity index (χ1n) is 10.6. The summed E-state index contributed by atoms with van der Waals surface area (Å²) in [5, 5.41) is 8.47. The van der Waals surface area contributed by atoms with Crippen molar-refractivity contribution < 1.29 is 9.59 Å². The number of carbonyl (C=O) groups is 2. The van der Waals surface area contributed by atoms with Crippen LogP contribution in [0.15, 0.2) is 97.1 Å². The van der Waals surface area contributed by atoms with E-state index in [4.69, 9.17) is 5.73 Å². The fraction of sp³-hybridized carbons (Fsp3) is 0.154. The third-order valence-corrected chi connectivity index (χ3v) is 4.79. The Labute approximate surface area is 188 Å². The summed E-state index contributed by atoms with van der Waals surface area (Å²) in [4.78, 5) is 24.5. The number of benzene rings is 3. The van der Waals surface area contributed by atoms with Gasteiger partial charge in [-0.15, -0.1) is 0 Å². The highest BCUT2D eigenvalue weighted by atomic mass is 16.2. The number of urea groups is 1. The lowest BCUT2D eigenvalue weighted by molar-refractivity contribution is -0.116. The van der Waals surface area contributed by atoms with Gasteiger partial charge in [0.2, 0.25) is 5.91 Å². The van der Waals surface area contributed by atoms with Gasteiger partial charge in [-0.1, -0.05) is 78.9 Å². The quantitative estimate of drug-likeness (QED) is 0.391. The fourth-order valence-electron chi connectivity index (χ4n) is 3.21. The van der Waals surface area contributed by atoms with Gasteiger partial charge in [-0.2, -0.15) is 0 Å². The lowest BCUT2D eigenvalue weighted by Crippen LogP contribution is -2.38. The van der Waals surface area contributed by atoms with E-state index in [0.29, 0.717) is 25.2 Å². The maximum atomic E-state index is 12.6. The lowest BCUT2D eigenvalue weighted by atomic mass is 10.1. The van der Waals surface area contributed by atoms with Crippen molar-refractivity contribution >= 4 is 17.6 Å². The standard InChI is InChI=1S/C26H28N4O2/c27-17-18-28-25(31)16-15-24(19-20-7-3-1-4-8-20)30-26(32)29-23-13-11-22(12-14-23)21-9-5-2-6-10-21/h1-16,24H,17-19,27H2,(H,28,31)(H2,29,30,32)/b16-15+. The van der Waals surface area contributed by atoms with Gasteiger partial charge >= 0.3 is 6.03 Å². The lowest BCUT2D eigenvalue weighted by Gasteiger charge is -2.16. The summed E-state index contributed by atoms with van der Waals surface area (Å²) in [7, 11) is 0. The SMILES string of the molecule is NCCNC(=O)/C=C/C(Cc1ccccc1)NC(=O)Nc1ccc(-c2ccccc2)cc1. The third-order valence-electron chi connectivity index (χ3n) is 4.79. The first-order valence-corrected chi connectivity index (χ1v) is 10.6. The van der Waals surface area contributed by atoms with Crippen LogP contribution in [0.2, 0.25) is 0 Å². The van der Waals surface area contributed by atoms with Crippen molar-refractivity contribution in [2.75, 3.05) is 18.4 Å². The number of amides is 3. The molecule has 0 radical (unpaired) electrons. The van der Waals surface area contributed by atoms with Crippen LogP contribution in [0.4, 0.5) is 10.5 Å². The van der Waals surface area contributed by atoms with Gasteiger partial charge in [0, 0.05) is 24.9 Å². The molecule has 0 heterocycles. The number of carbonyl (C=O) groups excluding carboxylic acids is 2. The Bertz CT molecular complexity index is 1020. The smallest absolute Gasteiger partial charge is 0.319 e. The summed E-state index contributed by atoms with van der Waals surface area (Å²) in [5.41, 5.74) is 9.34. The molecule has 164 valence electrons. The Morgan fingerprint density at radius 2 is 1.47 bits per heavy atom. The van der Waals surface area contributed by atoms with Gasteiger partial charge in [0.15, 0.2) is 0 Å². The Morgan fingerprint density at radius 1 is 0.844 bits per heavy atom. The van der Waals surface area contributed by atoms with Crippen molar-refractivity contribution in [3.63, 3.8) is 0 Å². The Hall–Kier alpha value is -3.90. The van der Waals surface area contributed by atoms with Gasteiger partial charge < -0.3 is 21.7 Å². The van der Waals surface area contributed by atoms with Crippen LogP contribution < -0.4 is 21.7 Å². The molecule has 6 nitrogen and oxygen atoms in total. The molecule has 32 heavy (non-hydrogen) atoms. The summed E-state index contributed by atoms with van der Waals surface area (Å²) in [6.45, 7) is 0.774. The second-order valence-electron chi connectivity index (χ2n) is 7.28. The predicted molar refractivity (Wildman–Crippen MR) is 129 cm³/mol. The first kappa shape index (κ1) is 22.8. The van der Waals surface area contributed by atoms with Crippen molar-refractivity contribution in [3.8, 4) is 11.1 Å². The minimum Gasteiger partial charge on any atom is -0.351 e. The van der Waals surface area contributed by atoms with Crippen molar-refractivity contribution in [3.05, 3.63) is 103 Å². The van der Waals surface area contributed by atoms with Gasteiger partial charge in [0.25, 0.3) is 0 Å². The molecule has 0 aliphatic rings. The molecule has 1 unspecified atom stereocenters. The molecule has 0 aliphatic carbocycles. The van der Waals surface area contributed by atoms with Crippen LogP contribution in [0.1, 0.15) is 5.56 Å². The Morgan fingerprint density at radius 3 is 2.12 bits per heavy atom. The van der Waals surface area contributed by atoms with Crippen LogP contribution >= 0.6 is 0 Å². The summed E-state index contributed by atoms with van der Waals surface area (Å²) >= 11 is 0. The zero-order valence-corrected chi connectivity index (χ0v) is 17.8. The van der Waals surface area contributed by atoms with Crippen LogP contribution in [0.5, 0.6) is 0 Å². The van der Waals surface area contributed by atoms with Crippen molar-refractivity contribution in [2.24, 2.45) is 5.73 Å².